The maximum atomic E-state index is 3.74. The van der Waals surface area contributed by atoms with E-state index in [9.17, 15) is 0 Å². The van der Waals surface area contributed by atoms with Gasteiger partial charge in [-0.25, -0.2) is 0 Å². The van der Waals surface area contributed by atoms with Crippen LogP contribution in [0.4, 0.5) is 0 Å². The van der Waals surface area contributed by atoms with Crippen LogP contribution in [0.5, 0.6) is 0 Å². The van der Waals surface area contributed by atoms with Crippen LogP contribution in [0.25, 0.3) is 0 Å². The summed E-state index contributed by atoms with van der Waals surface area (Å²) in [4.78, 5) is 2.71. The molecule has 0 aromatic carbocycles. The Bertz CT molecular complexity index is 223. The number of nitrogens with zero attached hydrogens (tertiary/aromatic N) is 1. The average Bonchev–Trinajstić information content (AvgIpc) is 2.86. The van der Waals surface area contributed by atoms with Gasteiger partial charge in [-0.15, -0.1) is 0 Å². The van der Waals surface area contributed by atoms with Crippen LogP contribution in [0.15, 0.2) is 0 Å². The van der Waals surface area contributed by atoms with Gasteiger partial charge in [0.05, 0.1) is 0 Å². The van der Waals surface area contributed by atoms with Gasteiger partial charge in [0.25, 0.3) is 0 Å². The van der Waals surface area contributed by atoms with Crippen molar-refractivity contribution in [1.29, 1.82) is 0 Å². The van der Waals surface area contributed by atoms with Crippen LogP contribution in [0, 0.1) is 11.8 Å². The normalized spacial score (nSPS) is 34.0. The molecule has 3 atom stereocenters. The van der Waals surface area contributed by atoms with E-state index in [2.05, 4.69) is 24.1 Å². The molecule has 1 saturated heterocycles. The lowest BCUT2D eigenvalue weighted by Crippen LogP contribution is -2.45. The smallest absolute Gasteiger partial charge is 0.0108 e. The molecule has 2 heteroatoms. The van der Waals surface area contributed by atoms with Crippen molar-refractivity contribution >= 4 is 0 Å². The molecule has 1 heterocycles. The number of nitrogens with one attached hydrogen (secondary N) is 1. The molecule has 0 aromatic rings. The van der Waals surface area contributed by atoms with Gasteiger partial charge in [0, 0.05) is 12.6 Å². The highest BCUT2D eigenvalue weighted by molar-refractivity contribution is 4.87. The SMILES string of the molecule is CCCC1CCC(NCC)C(CN2CCCC2)C1. The largest absolute Gasteiger partial charge is 0.314 e. The Labute approximate surface area is 114 Å². The Balaban J connectivity index is 1.86. The fourth-order valence-electron chi connectivity index (χ4n) is 4.06. The Kier molecular flexibility index (Phi) is 5.97. The monoisotopic (exact) mass is 252 g/mol. The molecular weight excluding hydrogens is 220 g/mol. The highest BCUT2D eigenvalue weighted by atomic mass is 15.1. The first-order valence-corrected chi connectivity index (χ1v) is 8.29. The predicted molar refractivity (Wildman–Crippen MR) is 78.9 cm³/mol. The molecule has 1 aliphatic heterocycles. The Morgan fingerprint density at radius 3 is 2.56 bits per heavy atom. The van der Waals surface area contributed by atoms with Gasteiger partial charge in [-0.3, -0.25) is 0 Å². The first-order chi connectivity index (χ1) is 8.83. The van der Waals surface area contributed by atoms with E-state index in [1.165, 1.54) is 64.6 Å². The number of hydrogen-bond acceptors (Lipinski definition) is 2. The molecule has 0 bridgehead atoms. The van der Waals surface area contributed by atoms with Crippen LogP contribution >= 0.6 is 0 Å². The zero-order valence-corrected chi connectivity index (χ0v) is 12.5. The lowest BCUT2D eigenvalue weighted by Gasteiger charge is -2.38. The van der Waals surface area contributed by atoms with Crippen molar-refractivity contribution in [3.05, 3.63) is 0 Å². The summed E-state index contributed by atoms with van der Waals surface area (Å²) < 4.78 is 0. The van der Waals surface area contributed by atoms with Gasteiger partial charge in [-0.05, 0) is 63.6 Å². The minimum atomic E-state index is 0.795. The van der Waals surface area contributed by atoms with Crippen LogP contribution in [0.2, 0.25) is 0 Å². The average molecular weight is 252 g/mol. The summed E-state index contributed by atoms with van der Waals surface area (Å²) >= 11 is 0. The molecule has 3 unspecified atom stereocenters. The standard InChI is InChI=1S/C16H32N2/c1-3-7-14-8-9-16(17-4-2)15(12-14)13-18-10-5-6-11-18/h14-17H,3-13H2,1-2H3. The van der Waals surface area contributed by atoms with E-state index in [0.717, 1.165) is 24.4 Å². The van der Waals surface area contributed by atoms with E-state index in [-0.39, 0.29) is 0 Å². The molecule has 0 radical (unpaired) electrons. The molecule has 1 saturated carbocycles. The third-order valence-corrected chi connectivity index (χ3v) is 4.95. The van der Waals surface area contributed by atoms with Crippen LogP contribution in [0.1, 0.15) is 58.8 Å². The van der Waals surface area contributed by atoms with E-state index >= 15 is 0 Å². The topological polar surface area (TPSA) is 15.3 Å². The zero-order valence-electron chi connectivity index (χ0n) is 12.5. The molecule has 2 nitrogen and oxygen atoms in total. The Morgan fingerprint density at radius 2 is 1.89 bits per heavy atom. The molecule has 2 rings (SSSR count). The number of hydrogen-bond donors (Lipinski definition) is 1. The second kappa shape index (κ2) is 7.49. The summed E-state index contributed by atoms with van der Waals surface area (Å²) in [6, 6.07) is 0.795. The number of likely N-dealkylation sites (tertiary alicyclic amines) is 1. The van der Waals surface area contributed by atoms with Crippen molar-refractivity contribution in [2.75, 3.05) is 26.2 Å². The van der Waals surface area contributed by atoms with Crippen LogP contribution in [-0.4, -0.2) is 37.1 Å². The molecule has 2 fully saturated rings. The van der Waals surface area contributed by atoms with Gasteiger partial charge in [0.15, 0.2) is 0 Å². The molecule has 0 spiro atoms. The summed E-state index contributed by atoms with van der Waals surface area (Å²) in [6.07, 6.45) is 10.0. The molecule has 106 valence electrons. The molecule has 18 heavy (non-hydrogen) atoms. The van der Waals surface area contributed by atoms with Crippen molar-refractivity contribution in [3.63, 3.8) is 0 Å². The molecule has 1 aliphatic carbocycles. The second-order valence-corrected chi connectivity index (χ2v) is 6.40. The van der Waals surface area contributed by atoms with Crippen molar-refractivity contribution in [3.8, 4) is 0 Å². The summed E-state index contributed by atoms with van der Waals surface area (Å²) in [5, 5.41) is 3.74. The minimum Gasteiger partial charge on any atom is -0.314 e. The maximum Gasteiger partial charge on any atom is 0.0108 e. The fourth-order valence-corrected chi connectivity index (χ4v) is 4.06. The van der Waals surface area contributed by atoms with Gasteiger partial charge >= 0.3 is 0 Å². The maximum absolute atomic E-state index is 3.74. The molecule has 2 aliphatic rings. The Morgan fingerprint density at radius 1 is 1.11 bits per heavy atom. The number of rotatable bonds is 6. The second-order valence-electron chi connectivity index (χ2n) is 6.40. The van der Waals surface area contributed by atoms with Crippen LogP contribution in [0.3, 0.4) is 0 Å². The first kappa shape index (κ1) is 14.3. The fraction of sp³-hybridized carbons (Fsp3) is 1.00. The van der Waals surface area contributed by atoms with Crippen LogP contribution < -0.4 is 5.32 Å². The van der Waals surface area contributed by atoms with E-state index in [1.807, 2.05) is 0 Å². The van der Waals surface area contributed by atoms with E-state index in [4.69, 9.17) is 0 Å². The molecule has 0 amide bonds. The zero-order chi connectivity index (χ0) is 12.8. The van der Waals surface area contributed by atoms with Gasteiger partial charge in [-0.1, -0.05) is 26.7 Å². The summed E-state index contributed by atoms with van der Waals surface area (Å²) in [5.74, 6) is 1.92. The highest BCUT2D eigenvalue weighted by Crippen LogP contribution is 2.33. The van der Waals surface area contributed by atoms with E-state index in [0.29, 0.717) is 0 Å². The van der Waals surface area contributed by atoms with E-state index < -0.39 is 0 Å². The van der Waals surface area contributed by atoms with Gasteiger partial charge < -0.3 is 10.2 Å². The first-order valence-electron chi connectivity index (χ1n) is 8.29. The molecular formula is C16H32N2. The molecule has 0 aromatic heterocycles. The third kappa shape index (κ3) is 3.96. The van der Waals surface area contributed by atoms with Crippen molar-refractivity contribution in [2.24, 2.45) is 11.8 Å². The quantitative estimate of drug-likeness (QED) is 0.780. The highest BCUT2D eigenvalue weighted by Gasteiger charge is 2.31. The lowest BCUT2D eigenvalue weighted by atomic mass is 9.76. The minimum absolute atomic E-state index is 0.795. The van der Waals surface area contributed by atoms with Crippen LogP contribution in [-0.2, 0) is 0 Å². The van der Waals surface area contributed by atoms with Gasteiger partial charge in [0.1, 0.15) is 0 Å². The van der Waals surface area contributed by atoms with E-state index in [1.54, 1.807) is 0 Å². The summed E-state index contributed by atoms with van der Waals surface area (Å²) in [7, 11) is 0. The summed E-state index contributed by atoms with van der Waals surface area (Å²) in [5.41, 5.74) is 0. The summed E-state index contributed by atoms with van der Waals surface area (Å²) in [6.45, 7) is 9.80. The van der Waals surface area contributed by atoms with Gasteiger partial charge in [-0.2, -0.15) is 0 Å². The van der Waals surface area contributed by atoms with Gasteiger partial charge in [0.2, 0.25) is 0 Å². The lowest BCUT2D eigenvalue weighted by molar-refractivity contribution is 0.150. The predicted octanol–water partition coefficient (Wildman–Crippen LogP) is 3.28. The third-order valence-electron chi connectivity index (χ3n) is 4.95. The van der Waals surface area contributed by atoms with Crippen molar-refractivity contribution < 1.29 is 0 Å². The molecule has 1 N–H and O–H groups in total. The van der Waals surface area contributed by atoms with Crippen molar-refractivity contribution in [1.82, 2.24) is 10.2 Å². The van der Waals surface area contributed by atoms with Crippen molar-refractivity contribution in [2.45, 2.75) is 64.8 Å². The Hall–Kier alpha value is -0.0800.